The molecule has 0 atom stereocenters. The molecule has 2 N–H and O–H groups in total. The zero-order valence-electron chi connectivity index (χ0n) is 15.0. The van der Waals surface area contributed by atoms with E-state index in [0.29, 0.717) is 22.8 Å². The number of hydrogen-bond donors (Lipinski definition) is 2. The van der Waals surface area contributed by atoms with E-state index in [1.807, 2.05) is 25.1 Å². The first kappa shape index (κ1) is 19.2. The highest BCUT2D eigenvalue weighted by molar-refractivity contribution is 6.31. The minimum Gasteiger partial charge on any atom is -0.505 e. The molecule has 1 heterocycles. The van der Waals surface area contributed by atoms with Gasteiger partial charge in [-0.05, 0) is 36.1 Å². The van der Waals surface area contributed by atoms with E-state index >= 15 is 0 Å². The molecule has 0 unspecified atom stereocenters. The zero-order valence-corrected chi connectivity index (χ0v) is 15.7. The van der Waals surface area contributed by atoms with Crippen LogP contribution in [0.15, 0.2) is 36.4 Å². The third-order valence-electron chi connectivity index (χ3n) is 3.60. The Labute approximate surface area is 152 Å². The summed E-state index contributed by atoms with van der Waals surface area (Å²) in [6, 6.07) is 11.0. The van der Waals surface area contributed by atoms with Gasteiger partial charge in [0.1, 0.15) is 22.5 Å². The average molecular weight is 362 g/mol. The van der Waals surface area contributed by atoms with E-state index in [1.54, 1.807) is 18.2 Å². The Morgan fingerprint density at radius 2 is 1.72 bits per heavy atom. The number of aliphatic hydroxyl groups is 1. The molecule has 0 saturated heterocycles. The number of fused-ring (bicyclic) bond motifs is 1. The van der Waals surface area contributed by atoms with Crippen LogP contribution in [0.1, 0.15) is 39.7 Å². The van der Waals surface area contributed by atoms with Crippen LogP contribution in [0.25, 0.3) is 16.7 Å². The molecule has 0 amide bonds. The molecule has 5 nitrogen and oxygen atoms in total. The molecule has 134 valence electrons. The van der Waals surface area contributed by atoms with Gasteiger partial charge in [0.05, 0.1) is 0 Å². The molecule has 0 aliphatic carbocycles. The highest BCUT2D eigenvalue weighted by Crippen LogP contribution is 2.34. The van der Waals surface area contributed by atoms with E-state index in [0.717, 1.165) is 17.5 Å². The monoisotopic (exact) mass is 361 g/mol. The number of aliphatic hydroxyl groups excluding tert-OH is 1. The smallest absolute Gasteiger partial charge is 0.146 e. The van der Waals surface area contributed by atoms with Gasteiger partial charge in [-0.15, -0.1) is 15.0 Å². The van der Waals surface area contributed by atoms with Crippen LogP contribution in [0.5, 0.6) is 5.75 Å². The topological polar surface area (TPSA) is 71.2 Å². The summed E-state index contributed by atoms with van der Waals surface area (Å²) in [5.74, 6) is 0.205. The van der Waals surface area contributed by atoms with Crippen molar-refractivity contribution in [1.82, 2.24) is 15.0 Å². The van der Waals surface area contributed by atoms with Crippen molar-refractivity contribution in [3.05, 3.63) is 47.0 Å². The first-order chi connectivity index (χ1) is 11.8. The summed E-state index contributed by atoms with van der Waals surface area (Å²) in [5, 5.41) is 27.8. The van der Waals surface area contributed by atoms with Crippen LogP contribution in [0.4, 0.5) is 0 Å². The second-order valence-electron chi connectivity index (χ2n) is 6.77. The van der Waals surface area contributed by atoms with Crippen LogP contribution in [-0.2, 0) is 5.41 Å². The van der Waals surface area contributed by atoms with Gasteiger partial charge in [0.15, 0.2) is 0 Å². The van der Waals surface area contributed by atoms with Crippen LogP contribution in [0, 0.1) is 0 Å². The molecule has 0 radical (unpaired) electrons. The van der Waals surface area contributed by atoms with Crippen molar-refractivity contribution >= 4 is 22.6 Å². The van der Waals surface area contributed by atoms with Crippen molar-refractivity contribution in [2.45, 2.75) is 39.5 Å². The summed E-state index contributed by atoms with van der Waals surface area (Å²) in [6.45, 7) is 8.41. The van der Waals surface area contributed by atoms with Gasteiger partial charge in [0.2, 0.25) is 0 Å². The summed E-state index contributed by atoms with van der Waals surface area (Å²) < 4.78 is 0. The second-order valence-corrected chi connectivity index (χ2v) is 7.21. The summed E-state index contributed by atoms with van der Waals surface area (Å²) in [7, 11) is 0. The maximum absolute atomic E-state index is 10.5. The SMILES string of the molecule is CC(C)(C)c1cccc(-n2nc3ccc(Cl)cc3n2)c1O.CCCO. The van der Waals surface area contributed by atoms with Crippen molar-refractivity contribution in [1.29, 1.82) is 0 Å². The Morgan fingerprint density at radius 1 is 1.08 bits per heavy atom. The molecule has 0 fully saturated rings. The maximum Gasteiger partial charge on any atom is 0.146 e. The molecule has 1 aromatic heterocycles. The van der Waals surface area contributed by atoms with E-state index in [1.165, 1.54) is 4.80 Å². The molecule has 25 heavy (non-hydrogen) atoms. The fourth-order valence-corrected chi connectivity index (χ4v) is 2.46. The number of phenolic OH excluding ortho intramolecular Hbond substituents is 1. The van der Waals surface area contributed by atoms with Crippen LogP contribution in [0.2, 0.25) is 5.02 Å². The molecule has 0 spiro atoms. The molecule has 0 bridgehead atoms. The van der Waals surface area contributed by atoms with Gasteiger partial charge in [-0.1, -0.05) is 51.4 Å². The van der Waals surface area contributed by atoms with E-state index in [-0.39, 0.29) is 11.2 Å². The average Bonchev–Trinajstić information content (AvgIpc) is 2.97. The fourth-order valence-electron chi connectivity index (χ4n) is 2.29. The molecule has 3 rings (SSSR count). The number of aromatic nitrogens is 3. The van der Waals surface area contributed by atoms with Crippen molar-refractivity contribution in [3.8, 4) is 11.4 Å². The van der Waals surface area contributed by atoms with Crippen molar-refractivity contribution < 1.29 is 10.2 Å². The maximum atomic E-state index is 10.5. The minimum atomic E-state index is -0.157. The van der Waals surface area contributed by atoms with E-state index in [9.17, 15) is 5.11 Å². The third kappa shape index (κ3) is 4.50. The van der Waals surface area contributed by atoms with E-state index in [2.05, 4.69) is 31.0 Å². The van der Waals surface area contributed by atoms with Gasteiger partial charge in [-0.25, -0.2) is 0 Å². The van der Waals surface area contributed by atoms with Gasteiger partial charge in [-0.3, -0.25) is 0 Å². The lowest BCUT2D eigenvalue weighted by molar-refractivity contribution is 0.295. The summed E-state index contributed by atoms with van der Waals surface area (Å²) in [5.41, 5.74) is 2.70. The van der Waals surface area contributed by atoms with Gasteiger partial charge in [-0.2, -0.15) is 0 Å². The van der Waals surface area contributed by atoms with Crippen LogP contribution in [0.3, 0.4) is 0 Å². The molecule has 6 heteroatoms. The Kier molecular flexibility index (Phi) is 6.03. The molecule has 0 saturated carbocycles. The number of hydrogen-bond acceptors (Lipinski definition) is 4. The predicted molar refractivity (Wildman–Crippen MR) is 102 cm³/mol. The van der Waals surface area contributed by atoms with Crippen LogP contribution in [-0.4, -0.2) is 31.8 Å². The number of benzene rings is 2. The van der Waals surface area contributed by atoms with Gasteiger partial charge in [0, 0.05) is 17.2 Å². The highest BCUT2D eigenvalue weighted by atomic mass is 35.5. The van der Waals surface area contributed by atoms with Crippen molar-refractivity contribution in [2.24, 2.45) is 0 Å². The third-order valence-corrected chi connectivity index (χ3v) is 3.84. The lowest BCUT2D eigenvalue weighted by Gasteiger charge is -2.21. The predicted octanol–water partition coefficient (Wildman–Crippen LogP) is 4.47. The number of rotatable bonds is 2. The van der Waals surface area contributed by atoms with Crippen LogP contribution < -0.4 is 0 Å². The number of nitrogens with zero attached hydrogens (tertiary/aromatic N) is 3. The Morgan fingerprint density at radius 3 is 2.32 bits per heavy atom. The fraction of sp³-hybridized carbons (Fsp3) is 0.368. The van der Waals surface area contributed by atoms with Crippen LogP contribution >= 0.6 is 11.6 Å². The summed E-state index contributed by atoms with van der Waals surface area (Å²) in [4.78, 5) is 1.45. The lowest BCUT2D eigenvalue weighted by atomic mass is 9.86. The number of para-hydroxylation sites is 1. The van der Waals surface area contributed by atoms with E-state index < -0.39 is 0 Å². The van der Waals surface area contributed by atoms with E-state index in [4.69, 9.17) is 16.7 Å². The van der Waals surface area contributed by atoms with Crippen molar-refractivity contribution in [3.63, 3.8) is 0 Å². The molecular weight excluding hydrogens is 338 g/mol. The van der Waals surface area contributed by atoms with Crippen molar-refractivity contribution in [2.75, 3.05) is 6.61 Å². The quantitative estimate of drug-likeness (QED) is 0.706. The minimum absolute atomic E-state index is 0.157. The van der Waals surface area contributed by atoms with Gasteiger partial charge >= 0.3 is 0 Å². The Balaban J connectivity index is 0.000000511. The molecule has 0 aliphatic rings. The van der Waals surface area contributed by atoms with Gasteiger partial charge in [0.25, 0.3) is 0 Å². The molecule has 3 aromatic rings. The summed E-state index contributed by atoms with van der Waals surface area (Å²) in [6.07, 6.45) is 0.875. The first-order valence-corrected chi connectivity index (χ1v) is 8.62. The standard InChI is InChI=1S/C16H16ClN3O.C3H8O/c1-16(2,3)11-5-4-6-14(15(11)21)20-18-12-8-7-10(17)9-13(12)19-20;1-2-3-4/h4-9,21H,1-3H3;4H,2-3H2,1H3. The Hall–Kier alpha value is -2.11. The highest BCUT2D eigenvalue weighted by Gasteiger charge is 2.21. The number of halogens is 1. The molecular formula is C19H24ClN3O2. The second kappa shape index (κ2) is 7.85. The molecule has 0 aliphatic heterocycles. The Bertz CT molecular complexity index is 851. The summed E-state index contributed by atoms with van der Waals surface area (Å²) >= 11 is 5.96. The lowest BCUT2D eigenvalue weighted by Crippen LogP contribution is -2.12. The normalized spacial score (nSPS) is 11.3. The number of phenols is 1. The zero-order chi connectivity index (χ0) is 18.6. The largest absolute Gasteiger partial charge is 0.505 e. The molecule has 2 aromatic carbocycles. The first-order valence-electron chi connectivity index (χ1n) is 8.24. The van der Waals surface area contributed by atoms with Gasteiger partial charge < -0.3 is 10.2 Å². The number of aromatic hydroxyl groups is 1.